The van der Waals surface area contributed by atoms with Crippen LogP contribution in [0.5, 0.6) is 0 Å². The molecule has 0 unspecified atom stereocenters. The molecule has 4 aliphatic rings. The van der Waals surface area contributed by atoms with Crippen molar-refractivity contribution in [1.29, 1.82) is 0 Å². The van der Waals surface area contributed by atoms with Crippen LogP contribution in [0.2, 0.25) is 0 Å². The molecular formula is C38H45F3N10O6. The Hall–Kier alpha value is -5.53. The number of aliphatic hydroxyl groups excluding tert-OH is 2. The van der Waals surface area contributed by atoms with E-state index in [1.807, 2.05) is 0 Å². The van der Waals surface area contributed by atoms with E-state index in [0.29, 0.717) is 49.0 Å². The summed E-state index contributed by atoms with van der Waals surface area (Å²) < 4.78 is 33.5. The zero-order valence-electron chi connectivity index (χ0n) is 31.0. The van der Waals surface area contributed by atoms with Gasteiger partial charge in [-0.3, -0.25) is 4.79 Å². The number of hydrogen-bond donors (Lipinski definition) is 8. The second-order valence-electron chi connectivity index (χ2n) is 14.7. The molecule has 2 aliphatic heterocycles. The monoisotopic (exact) mass is 794 g/mol. The second-order valence-corrected chi connectivity index (χ2v) is 14.7. The first-order valence-corrected chi connectivity index (χ1v) is 19.0. The Labute approximate surface area is 325 Å². The fraction of sp³-hybridized carbons (Fsp3) is 0.474. The molecule has 0 radical (unpaired) electrons. The first-order valence-electron chi connectivity index (χ1n) is 19.0. The van der Waals surface area contributed by atoms with Gasteiger partial charge in [0.2, 0.25) is 11.9 Å². The molecule has 2 saturated heterocycles. The topological polar surface area (TPSA) is 219 Å². The number of aliphatic carboxylic acids is 1. The number of carboxylic acid groups (broad SMARTS) is 1. The molecule has 16 nitrogen and oxygen atoms in total. The molecule has 304 valence electrons. The number of halogens is 3. The van der Waals surface area contributed by atoms with Crippen LogP contribution in [0.1, 0.15) is 55.7 Å². The van der Waals surface area contributed by atoms with Gasteiger partial charge in [-0.25, -0.2) is 14.6 Å². The number of aliphatic hydroxyl groups is 2. The molecule has 2 aliphatic carbocycles. The molecule has 6 atom stereocenters. The number of amides is 3. The highest BCUT2D eigenvalue weighted by Gasteiger charge is 2.44. The molecule has 2 aromatic carbocycles. The van der Waals surface area contributed by atoms with Gasteiger partial charge in [-0.2, -0.15) is 23.1 Å². The van der Waals surface area contributed by atoms with Gasteiger partial charge in [0.15, 0.2) is 17.0 Å². The molecule has 4 aromatic rings. The maximum atomic E-state index is 12.7. The van der Waals surface area contributed by atoms with Crippen LogP contribution in [0.25, 0.3) is 22.3 Å². The van der Waals surface area contributed by atoms with E-state index >= 15 is 0 Å². The third kappa shape index (κ3) is 8.45. The summed E-state index contributed by atoms with van der Waals surface area (Å²) >= 11 is 0. The molecule has 1 saturated carbocycles. The fourth-order valence-corrected chi connectivity index (χ4v) is 8.08. The number of nitrogens with one attached hydrogen (secondary N) is 5. The SMILES string of the molecule is CCC(=O)N[C@H]1C[C@@H](n2cnc3c(NCC4c5ccccc5-c5ccccc54)nc(N4CC[C@@H](NC(=O)N[C@@H]5CCNC5)C4)nc32)[C@H](O)[C@@H]1O.O=C(O)C(F)(F)F. The number of benzene rings is 2. The van der Waals surface area contributed by atoms with Crippen LogP contribution in [0.15, 0.2) is 54.9 Å². The van der Waals surface area contributed by atoms with Crippen molar-refractivity contribution < 1.29 is 42.9 Å². The summed E-state index contributed by atoms with van der Waals surface area (Å²) in [6, 6.07) is 15.7. The third-order valence-corrected chi connectivity index (χ3v) is 11.0. The number of alkyl halides is 3. The predicted octanol–water partition coefficient (Wildman–Crippen LogP) is 2.49. The van der Waals surface area contributed by atoms with Crippen molar-refractivity contribution >= 4 is 40.8 Å². The minimum atomic E-state index is -5.08. The number of fused-ring (bicyclic) bond motifs is 4. The van der Waals surface area contributed by atoms with E-state index in [4.69, 9.17) is 24.9 Å². The summed E-state index contributed by atoms with van der Waals surface area (Å²) in [5.41, 5.74) is 6.03. The number of urea groups is 1. The summed E-state index contributed by atoms with van der Waals surface area (Å²) in [7, 11) is 0. The van der Waals surface area contributed by atoms with E-state index in [-0.39, 0.29) is 36.4 Å². The number of hydrogen-bond acceptors (Lipinski definition) is 11. The number of aromatic nitrogens is 4. The van der Waals surface area contributed by atoms with E-state index in [0.717, 1.165) is 25.9 Å². The Balaban J connectivity index is 0.000000651. The van der Waals surface area contributed by atoms with Crippen LogP contribution < -0.4 is 31.5 Å². The Bertz CT molecular complexity index is 2070. The minimum Gasteiger partial charge on any atom is -0.475 e. The average Bonchev–Trinajstić information content (AvgIpc) is 4.04. The third-order valence-electron chi connectivity index (χ3n) is 11.0. The summed E-state index contributed by atoms with van der Waals surface area (Å²) in [6.45, 7) is 5.19. The number of carbonyl (C=O) groups excluding carboxylic acids is 2. The first kappa shape index (κ1) is 39.7. The lowest BCUT2D eigenvalue weighted by Crippen LogP contribution is -2.47. The zero-order chi connectivity index (χ0) is 40.4. The van der Waals surface area contributed by atoms with Crippen molar-refractivity contribution in [3.63, 3.8) is 0 Å². The van der Waals surface area contributed by atoms with Crippen LogP contribution in [-0.2, 0) is 9.59 Å². The highest BCUT2D eigenvalue weighted by atomic mass is 19.4. The van der Waals surface area contributed by atoms with Crippen molar-refractivity contribution in [2.75, 3.05) is 42.9 Å². The summed E-state index contributed by atoms with van der Waals surface area (Å²) in [5, 5.41) is 45.1. The molecule has 0 spiro atoms. The number of rotatable bonds is 9. The molecule has 8 N–H and O–H groups in total. The molecule has 2 aromatic heterocycles. The number of carboxylic acids is 1. The van der Waals surface area contributed by atoms with Crippen LogP contribution in [0.4, 0.5) is 29.7 Å². The summed E-state index contributed by atoms with van der Waals surface area (Å²) in [5.74, 6) is -1.79. The van der Waals surface area contributed by atoms with Crippen LogP contribution >= 0.6 is 0 Å². The van der Waals surface area contributed by atoms with Crippen molar-refractivity contribution in [3.8, 4) is 11.1 Å². The standard InChI is InChI=1S/C36H44N10O4.C2HF3O2/c1-2-29(47)42-27-15-28(32(49)31(27)48)46-19-39-30-33(38-17-26-24-9-5-3-7-22(24)23-8-4-6-10-25(23)26)43-35(44-34(30)46)45-14-12-21(18-45)41-36(50)40-20-11-13-37-16-20;3-2(4,5)1(6)7/h3-10,19-21,26-28,31-32,37,48-49H,2,11-18H2,1H3,(H,42,47)(H,38,43,44)(H2,40,41,50);(H,6,7)/t20-,21-,27+,28-,31-,32+;/m1./s1. The molecule has 4 heterocycles. The number of carbonyl (C=O) groups is 3. The van der Waals surface area contributed by atoms with Crippen molar-refractivity contribution in [2.45, 2.75) is 81.1 Å². The van der Waals surface area contributed by atoms with Crippen LogP contribution in [0.3, 0.4) is 0 Å². The molecule has 0 bridgehead atoms. The maximum Gasteiger partial charge on any atom is 0.490 e. The highest BCUT2D eigenvalue weighted by Crippen LogP contribution is 2.45. The second kappa shape index (κ2) is 16.5. The van der Waals surface area contributed by atoms with Gasteiger partial charge in [0.1, 0.15) is 12.2 Å². The Morgan fingerprint density at radius 1 is 0.930 bits per heavy atom. The molecule has 3 fully saturated rings. The van der Waals surface area contributed by atoms with E-state index in [1.54, 1.807) is 17.8 Å². The maximum absolute atomic E-state index is 12.7. The minimum absolute atomic E-state index is 0.0776. The molecular weight excluding hydrogens is 749 g/mol. The largest absolute Gasteiger partial charge is 0.490 e. The van der Waals surface area contributed by atoms with Gasteiger partial charge >= 0.3 is 18.2 Å². The lowest BCUT2D eigenvalue weighted by molar-refractivity contribution is -0.192. The Kier molecular flexibility index (Phi) is 11.5. The number of imidazole rings is 1. The van der Waals surface area contributed by atoms with Gasteiger partial charge in [-0.15, -0.1) is 0 Å². The fourth-order valence-electron chi connectivity index (χ4n) is 8.08. The average molecular weight is 795 g/mol. The van der Waals surface area contributed by atoms with Gasteiger partial charge in [-0.05, 0) is 48.1 Å². The number of nitrogens with zero attached hydrogens (tertiary/aromatic N) is 5. The van der Waals surface area contributed by atoms with Gasteiger partial charge in [-0.1, -0.05) is 55.5 Å². The van der Waals surface area contributed by atoms with E-state index in [2.05, 4.69) is 80.0 Å². The van der Waals surface area contributed by atoms with Crippen LogP contribution in [0, 0.1) is 0 Å². The smallest absolute Gasteiger partial charge is 0.475 e. The van der Waals surface area contributed by atoms with Gasteiger partial charge in [0.05, 0.1) is 18.4 Å². The Morgan fingerprint density at radius 2 is 1.60 bits per heavy atom. The van der Waals surface area contributed by atoms with E-state index in [1.165, 1.54) is 22.3 Å². The quantitative estimate of drug-likeness (QED) is 0.123. The normalized spacial score (nSPS) is 24.1. The molecule has 8 rings (SSSR count). The Morgan fingerprint density at radius 3 is 2.23 bits per heavy atom. The van der Waals surface area contributed by atoms with Gasteiger partial charge in [0, 0.05) is 50.6 Å². The van der Waals surface area contributed by atoms with Gasteiger partial charge in [0.25, 0.3) is 0 Å². The molecule has 57 heavy (non-hydrogen) atoms. The molecule has 19 heteroatoms. The van der Waals surface area contributed by atoms with Gasteiger partial charge < -0.3 is 51.4 Å². The van der Waals surface area contributed by atoms with Crippen molar-refractivity contribution in [3.05, 3.63) is 66.0 Å². The van der Waals surface area contributed by atoms with Crippen molar-refractivity contribution in [1.82, 2.24) is 40.8 Å². The van der Waals surface area contributed by atoms with Crippen molar-refractivity contribution in [2.24, 2.45) is 0 Å². The van der Waals surface area contributed by atoms with E-state index in [9.17, 15) is 33.0 Å². The lowest BCUT2D eigenvalue weighted by atomic mass is 9.97. The summed E-state index contributed by atoms with van der Waals surface area (Å²) in [4.78, 5) is 50.6. The zero-order valence-corrected chi connectivity index (χ0v) is 31.0. The predicted molar refractivity (Wildman–Crippen MR) is 203 cm³/mol. The lowest BCUT2D eigenvalue weighted by Gasteiger charge is -2.21. The highest BCUT2D eigenvalue weighted by molar-refractivity contribution is 5.85. The van der Waals surface area contributed by atoms with Crippen LogP contribution in [-0.4, -0.2) is 122 Å². The number of anilines is 2. The van der Waals surface area contributed by atoms with E-state index < -0.39 is 36.4 Å². The molecule has 3 amide bonds. The first-order chi connectivity index (χ1) is 27.3. The summed E-state index contributed by atoms with van der Waals surface area (Å²) in [6.07, 6.45) is -3.46.